The summed E-state index contributed by atoms with van der Waals surface area (Å²) in [5.41, 5.74) is 1.13. The maximum atomic E-state index is 11.0. The SMILES string of the molecule is CN=C(NCCOCCS(C)(=O)=O)NCCc1ccccc1OC. The fraction of sp³-hybridized carbons (Fsp3) is 0.562. The summed E-state index contributed by atoms with van der Waals surface area (Å²) >= 11 is 0. The fourth-order valence-corrected chi connectivity index (χ4v) is 2.42. The summed E-state index contributed by atoms with van der Waals surface area (Å²) in [7, 11) is 0.392. The van der Waals surface area contributed by atoms with Crippen molar-refractivity contribution in [2.75, 3.05) is 52.5 Å². The van der Waals surface area contributed by atoms with E-state index in [2.05, 4.69) is 15.6 Å². The summed E-state index contributed by atoms with van der Waals surface area (Å²) in [6.45, 7) is 1.90. The number of guanidine groups is 1. The van der Waals surface area contributed by atoms with E-state index in [0.717, 1.165) is 24.3 Å². The Morgan fingerprint density at radius 1 is 1.17 bits per heavy atom. The van der Waals surface area contributed by atoms with Gasteiger partial charge in [-0.3, -0.25) is 4.99 Å². The molecule has 0 atom stereocenters. The summed E-state index contributed by atoms with van der Waals surface area (Å²) in [5, 5.41) is 6.33. The maximum Gasteiger partial charge on any atom is 0.191 e. The van der Waals surface area contributed by atoms with Gasteiger partial charge in [-0.1, -0.05) is 18.2 Å². The Bertz CT molecular complexity index is 618. The first-order valence-corrected chi connectivity index (χ1v) is 9.84. The zero-order chi connectivity index (χ0) is 17.8. The molecule has 0 radical (unpaired) electrons. The molecule has 1 rings (SSSR count). The van der Waals surface area contributed by atoms with Crippen LogP contribution in [0.4, 0.5) is 0 Å². The summed E-state index contributed by atoms with van der Waals surface area (Å²) in [4.78, 5) is 4.13. The van der Waals surface area contributed by atoms with Gasteiger partial charge in [0, 0.05) is 26.4 Å². The minimum atomic E-state index is -2.97. The molecule has 2 N–H and O–H groups in total. The first-order valence-electron chi connectivity index (χ1n) is 7.78. The van der Waals surface area contributed by atoms with Gasteiger partial charge in [-0.15, -0.1) is 0 Å². The molecule has 1 aromatic rings. The molecule has 0 saturated heterocycles. The van der Waals surface area contributed by atoms with Gasteiger partial charge in [0.1, 0.15) is 15.6 Å². The van der Waals surface area contributed by atoms with Crippen molar-refractivity contribution >= 4 is 15.8 Å². The number of para-hydroxylation sites is 1. The number of nitrogens with one attached hydrogen (secondary N) is 2. The molecule has 136 valence electrons. The van der Waals surface area contributed by atoms with Crippen LogP contribution in [0.2, 0.25) is 0 Å². The third kappa shape index (κ3) is 8.73. The van der Waals surface area contributed by atoms with E-state index >= 15 is 0 Å². The summed E-state index contributed by atoms with van der Waals surface area (Å²) < 4.78 is 32.5. The highest BCUT2D eigenvalue weighted by atomic mass is 32.2. The molecule has 0 bridgehead atoms. The highest BCUT2D eigenvalue weighted by Crippen LogP contribution is 2.17. The van der Waals surface area contributed by atoms with Crippen LogP contribution in [0.3, 0.4) is 0 Å². The smallest absolute Gasteiger partial charge is 0.191 e. The van der Waals surface area contributed by atoms with Crippen molar-refractivity contribution in [3.8, 4) is 5.75 Å². The van der Waals surface area contributed by atoms with Gasteiger partial charge in [-0.2, -0.15) is 0 Å². The van der Waals surface area contributed by atoms with E-state index in [1.165, 1.54) is 6.26 Å². The van der Waals surface area contributed by atoms with E-state index in [9.17, 15) is 8.42 Å². The molecule has 0 unspecified atom stereocenters. The predicted molar refractivity (Wildman–Crippen MR) is 96.6 cm³/mol. The maximum absolute atomic E-state index is 11.0. The Morgan fingerprint density at radius 2 is 1.88 bits per heavy atom. The fourth-order valence-electron chi connectivity index (χ4n) is 2.00. The molecule has 0 aliphatic carbocycles. The van der Waals surface area contributed by atoms with E-state index in [1.54, 1.807) is 14.2 Å². The Balaban J connectivity index is 2.21. The average Bonchev–Trinajstić information content (AvgIpc) is 2.55. The van der Waals surface area contributed by atoms with Gasteiger partial charge >= 0.3 is 0 Å². The molecule has 0 amide bonds. The number of methoxy groups -OCH3 is 1. The number of hydrogen-bond acceptors (Lipinski definition) is 5. The molecule has 0 aliphatic heterocycles. The number of hydrogen-bond donors (Lipinski definition) is 2. The van der Waals surface area contributed by atoms with E-state index in [-0.39, 0.29) is 12.4 Å². The van der Waals surface area contributed by atoms with Gasteiger partial charge in [-0.05, 0) is 18.1 Å². The Kier molecular flexibility index (Phi) is 9.18. The second-order valence-electron chi connectivity index (χ2n) is 5.23. The van der Waals surface area contributed by atoms with Crippen molar-refractivity contribution in [1.82, 2.24) is 10.6 Å². The van der Waals surface area contributed by atoms with Crippen LogP contribution in [0, 0.1) is 0 Å². The molecule has 0 aliphatic rings. The van der Waals surface area contributed by atoms with Gasteiger partial charge in [0.05, 0.1) is 26.1 Å². The monoisotopic (exact) mass is 357 g/mol. The molecular weight excluding hydrogens is 330 g/mol. The summed E-state index contributed by atoms with van der Waals surface area (Å²) in [6.07, 6.45) is 2.01. The van der Waals surface area contributed by atoms with Crippen molar-refractivity contribution < 1.29 is 17.9 Å². The largest absolute Gasteiger partial charge is 0.496 e. The van der Waals surface area contributed by atoms with Crippen LogP contribution in [0.25, 0.3) is 0 Å². The number of rotatable bonds is 10. The third-order valence-corrected chi connectivity index (χ3v) is 4.15. The molecule has 8 heteroatoms. The summed E-state index contributed by atoms with van der Waals surface area (Å²) in [5.74, 6) is 1.59. The lowest BCUT2D eigenvalue weighted by Gasteiger charge is -2.13. The minimum absolute atomic E-state index is 0.0406. The highest BCUT2D eigenvalue weighted by molar-refractivity contribution is 7.90. The Hall–Kier alpha value is -1.80. The van der Waals surface area contributed by atoms with Crippen molar-refractivity contribution in [3.05, 3.63) is 29.8 Å². The quantitative estimate of drug-likeness (QED) is 0.359. The second kappa shape index (κ2) is 10.9. The second-order valence-corrected chi connectivity index (χ2v) is 7.49. The number of aliphatic imine (C=N–C) groups is 1. The van der Waals surface area contributed by atoms with E-state index in [4.69, 9.17) is 9.47 Å². The van der Waals surface area contributed by atoms with Crippen LogP contribution in [-0.4, -0.2) is 66.8 Å². The lowest BCUT2D eigenvalue weighted by Crippen LogP contribution is -2.40. The van der Waals surface area contributed by atoms with Gasteiger partial charge in [0.25, 0.3) is 0 Å². The molecule has 0 saturated carbocycles. The van der Waals surface area contributed by atoms with Crippen molar-refractivity contribution in [2.45, 2.75) is 6.42 Å². The van der Waals surface area contributed by atoms with Crippen molar-refractivity contribution in [2.24, 2.45) is 4.99 Å². The normalized spacial score (nSPS) is 12.0. The standard InChI is InChI=1S/C16H27N3O4S/c1-17-16(19-10-11-23-12-13-24(3,20)21)18-9-8-14-6-4-5-7-15(14)22-2/h4-7H,8-13H2,1-3H3,(H2,17,18,19). The first kappa shape index (κ1) is 20.2. The van der Waals surface area contributed by atoms with Crippen LogP contribution in [0.15, 0.2) is 29.3 Å². The Morgan fingerprint density at radius 3 is 2.54 bits per heavy atom. The lowest BCUT2D eigenvalue weighted by atomic mass is 10.1. The summed E-state index contributed by atoms with van der Waals surface area (Å²) in [6, 6.07) is 7.90. The van der Waals surface area contributed by atoms with Gasteiger partial charge in [0.2, 0.25) is 0 Å². The van der Waals surface area contributed by atoms with Gasteiger partial charge in [-0.25, -0.2) is 8.42 Å². The van der Waals surface area contributed by atoms with Crippen molar-refractivity contribution in [1.29, 1.82) is 0 Å². The average molecular weight is 357 g/mol. The molecule has 24 heavy (non-hydrogen) atoms. The number of sulfone groups is 1. The van der Waals surface area contributed by atoms with E-state index in [0.29, 0.717) is 19.1 Å². The van der Waals surface area contributed by atoms with Gasteiger partial charge in [0.15, 0.2) is 5.96 Å². The van der Waals surface area contributed by atoms with Crippen molar-refractivity contribution in [3.63, 3.8) is 0 Å². The zero-order valence-electron chi connectivity index (χ0n) is 14.5. The van der Waals surface area contributed by atoms with Gasteiger partial charge < -0.3 is 20.1 Å². The van der Waals surface area contributed by atoms with E-state index < -0.39 is 9.84 Å². The van der Waals surface area contributed by atoms with Crippen LogP contribution < -0.4 is 15.4 Å². The lowest BCUT2D eigenvalue weighted by molar-refractivity contribution is 0.154. The first-order chi connectivity index (χ1) is 11.5. The predicted octanol–water partition coefficient (Wildman–Crippen LogP) is 0.464. The zero-order valence-corrected chi connectivity index (χ0v) is 15.4. The molecule has 7 nitrogen and oxygen atoms in total. The number of nitrogens with zero attached hydrogens (tertiary/aromatic N) is 1. The molecule has 0 spiro atoms. The topological polar surface area (TPSA) is 89.0 Å². The van der Waals surface area contributed by atoms with Crippen LogP contribution in [0.5, 0.6) is 5.75 Å². The molecular formula is C16H27N3O4S. The number of ether oxygens (including phenoxy) is 2. The number of benzene rings is 1. The molecule has 0 heterocycles. The van der Waals surface area contributed by atoms with E-state index in [1.807, 2.05) is 24.3 Å². The molecule has 1 aromatic carbocycles. The van der Waals surface area contributed by atoms with Crippen LogP contribution in [-0.2, 0) is 21.0 Å². The van der Waals surface area contributed by atoms with Crippen LogP contribution in [0.1, 0.15) is 5.56 Å². The molecule has 0 fully saturated rings. The molecule has 0 aromatic heterocycles. The highest BCUT2D eigenvalue weighted by Gasteiger charge is 2.03. The minimum Gasteiger partial charge on any atom is -0.496 e. The van der Waals surface area contributed by atoms with Crippen LogP contribution >= 0.6 is 0 Å². The Labute approximate surface area is 144 Å². The third-order valence-electron chi connectivity index (χ3n) is 3.24.